The fraction of sp³-hybridized carbons (Fsp3) is 0.389. The van der Waals surface area contributed by atoms with Crippen LogP contribution in [0.4, 0.5) is 5.69 Å². The summed E-state index contributed by atoms with van der Waals surface area (Å²) in [5.41, 5.74) is 1.52. The molecule has 134 valence electrons. The number of halogens is 1. The van der Waals surface area contributed by atoms with Crippen LogP contribution in [0.5, 0.6) is 0 Å². The molecule has 1 aromatic carbocycles. The maximum Gasteiger partial charge on any atom is 0.341 e. The van der Waals surface area contributed by atoms with Gasteiger partial charge in [-0.15, -0.1) is 0 Å². The highest BCUT2D eigenvalue weighted by Gasteiger charge is 2.24. The van der Waals surface area contributed by atoms with Crippen molar-refractivity contribution in [3.63, 3.8) is 0 Å². The van der Waals surface area contributed by atoms with E-state index in [2.05, 4.69) is 4.98 Å². The lowest BCUT2D eigenvalue weighted by Gasteiger charge is -2.34. The van der Waals surface area contributed by atoms with Crippen molar-refractivity contribution in [1.82, 2.24) is 9.99 Å². The van der Waals surface area contributed by atoms with E-state index < -0.39 is 5.97 Å². The van der Waals surface area contributed by atoms with Crippen LogP contribution >= 0.6 is 11.6 Å². The summed E-state index contributed by atoms with van der Waals surface area (Å²) in [4.78, 5) is 28.8. The minimum absolute atomic E-state index is 0.119. The molecule has 0 aliphatic rings. The molecule has 2 aromatic rings. The predicted octanol–water partition coefficient (Wildman–Crippen LogP) is 3.67. The Balaban J connectivity index is 2.71. The third kappa shape index (κ3) is 4.02. The summed E-state index contributed by atoms with van der Waals surface area (Å²) in [6, 6.07) is 5.25. The number of anilines is 1. The van der Waals surface area contributed by atoms with Gasteiger partial charge in [0.1, 0.15) is 5.56 Å². The van der Waals surface area contributed by atoms with Crippen LogP contribution in [0.2, 0.25) is 5.02 Å². The number of aromatic nitrogens is 1. The van der Waals surface area contributed by atoms with Crippen molar-refractivity contribution in [1.29, 1.82) is 0 Å². The summed E-state index contributed by atoms with van der Waals surface area (Å²) >= 11 is 6.15. The Morgan fingerprint density at radius 3 is 2.60 bits per heavy atom. The number of hydrazine groups is 1. The first-order valence-electron chi connectivity index (χ1n) is 8.17. The van der Waals surface area contributed by atoms with Gasteiger partial charge in [-0.2, -0.15) is 0 Å². The number of pyridine rings is 1. The first-order valence-corrected chi connectivity index (χ1v) is 8.55. The van der Waals surface area contributed by atoms with Crippen molar-refractivity contribution in [2.75, 3.05) is 25.2 Å². The fourth-order valence-corrected chi connectivity index (χ4v) is 2.88. The van der Waals surface area contributed by atoms with Crippen LogP contribution in [0.1, 0.15) is 37.6 Å². The van der Waals surface area contributed by atoms with Gasteiger partial charge in [0.05, 0.1) is 17.8 Å². The lowest BCUT2D eigenvalue weighted by molar-refractivity contribution is -0.129. The maximum absolute atomic E-state index is 12.4. The summed E-state index contributed by atoms with van der Waals surface area (Å²) in [7, 11) is 1.75. The largest absolute Gasteiger partial charge is 0.462 e. The van der Waals surface area contributed by atoms with Gasteiger partial charge in [0.15, 0.2) is 0 Å². The summed E-state index contributed by atoms with van der Waals surface area (Å²) in [5, 5.41) is 4.47. The first-order chi connectivity index (χ1) is 11.9. The minimum atomic E-state index is -0.487. The van der Waals surface area contributed by atoms with Crippen LogP contribution < -0.4 is 5.01 Å². The van der Waals surface area contributed by atoms with Crippen molar-refractivity contribution in [3.05, 3.63) is 35.0 Å². The lowest BCUT2D eigenvalue weighted by atomic mass is 10.1. The first kappa shape index (κ1) is 19.0. The standard InChI is InChI=1S/C18H22ClN3O3/c1-5-9-22(12(3)23)21(4)17-14-10-13(19)7-8-16(14)20-11-15(17)18(24)25-6-2/h7-8,10-11H,5-6,9H2,1-4H3. The molecule has 6 nitrogen and oxygen atoms in total. The van der Waals surface area contributed by atoms with E-state index in [4.69, 9.17) is 16.3 Å². The number of carbonyl (C=O) groups excluding carboxylic acids is 2. The van der Waals surface area contributed by atoms with Gasteiger partial charge in [0.25, 0.3) is 0 Å². The van der Waals surface area contributed by atoms with E-state index in [1.165, 1.54) is 13.1 Å². The van der Waals surface area contributed by atoms with Crippen LogP contribution in [0.3, 0.4) is 0 Å². The second-order valence-corrected chi connectivity index (χ2v) is 6.00. The Labute approximate surface area is 152 Å². The summed E-state index contributed by atoms with van der Waals surface area (Å²) in [6.07, 6.45) is 2.26. The van der Waals surface area contributed by atoms with E-state index in [1.807, 2.05) is 6.92 Å². The summed E-state index contributed by atoms with van der Waals surface area (Å²) in [6.45, 7) is 6.00. The maximum atomic E-state index is 12.4. The lowest BCUT2D eigenvalue weighted by Crippen LogP contribution is -2.44. The Morgan fingerprint density at radius 1 is 1.28 bits per heavy atom. The number of carbonyl (C=O) groups is 2. The van der Waals surface area contributed by atoms with Crippen LogP contribution in [0, 0.1) is 0 Å². The highest BCUT2D eigenvalue weighted by molar-refractivity contribution is 6.31. The van der Waals surface area contributed by atoms with Crippen molar-refractivity contribution >= 4 is 40.1 Å². The molecule has 1 aromatic heterocycles. The molecule has 0 radical (unpaired) electrons. The van der Waals surface area contributed by atoms with Crippen LogP contribution in [-0.2, 0) is 9.53 Å². The number of esters is 1. The van der Waals surface area contributed by atoms with Gasteiger partial charge in [-0.1, -0.05) is 18.5 Å². The zero-order valence-corrected chi connectivity index (χ0v) is 15.6. The monoisotopic (exact) mass is 363 g/mol. The number of benzene rings is 1. The van der Waals surface area contributed by atoms with Crippen molar-refractivity contribution < 1.29 is 14.3 Å². The van der Waals surface area contributed by atoms with Gasteiger partial charge in [0.2, 0.25) is 5.91 Å². The van der Waals surface area contributed by atoms with Gasteiger partial charge >= 0.3 is 5.97 Å². The number of fused-ring (bicyclic) bond motifs is 1. The molecule has 0 spiro atoms. The SMILES string of the molecule is CCCN(C(C)=O)N(C)c1c(C(=O)OCC)cnc2ccc(Cl)cc12. The number of rotatable bonds is 6. The molecule has 0 unspecified atom stereocenters. The van der Waals surface area contributed by atoms with Gasteiger partial charge in [-0.05, 0) is 31.5 Å². The minimum Gasteiger partial charge on any atom is -0.462 e. The molecule has 1 amide bonds. The molecule has 25 heavy (non-hydrogen) atoms. The third-order valence-electron chi connectivity index (χ3n) is 3.78. The summed E-state index contributed by atoms with van der Waals surface area (Å²) < 4.78 is 5.16. The van der Waals surface area contributed by atoms with Gasteiger partial charge in [-0.3, -0.25) is 19.8 Å². The van der Waals surface area contributed by atoms with Crippen molar-refractivity contribution in [2.24, 2.45) is 0 Å². The molecule has 2 rings (SSSR count). The van der Waals surface area contributed by atoms with E-state index in [9.17, 15) is 9.59 Å². The molecular formula is C18H22ClN3O3. The highest BCUT2D eigenvalue weighted by Crippen LogP contribution is 2.32. The van der Waals surface area contributed by atoms with Gasteiger partial charge in [0, 0.05) is 37.1 Å². The number of amides is 1. The van der Waals surface area contributed by atoms with Crippen LogP contribution in [0.25, 0.3) is 10.9 Å². The molecule has 0 fully saturated rings. The van der Waals surface area contributed by atoms with Crippen molar-refractivity contribution in [3.8, 4) is 0 Å². The van der Waals surface area contributed by atoms with E-state index in [-0.39, 0.29) is 12.5 Å². The fourth-order valence-electron chi connectivity index (χ4n) is 2.71. The van der Waals surface area contributed by atoms with E-state index in [0.717, 1.165) is 6.42 Å². The smallest absolute Gasteiger partial charge is 0.341 e. The Bertz CT molecular complexity index is 794. The molecular weight excluding hydrogens is 342 g/mol. The molecule has 1 heterocycles. The van der Waals surface area contributed by atoms with Crippen LogP contribution in [-0.4, -0.2) is 42.1 Å². The van der Waals surface area contributed by atoms with Crippen LogP contribution in [0.15, 0.2) is 24.4 Å². The highest BCUT2D eigenvalue weighted by atomic mass is 35.5. The number of ether oxygens (including phenoxy) is 1. The number of hydrogen-bond donors (Lipinski definition) is 0. The molecule has 0 bridgehead atoms. The Morgan fingerprint density at radius 2 is 2.00 bits per heavy atom. The molecule has 7 heteroatoms. The zero-order valence-electron chi connectivity index (χ0n) is 14.9. The average molecular weight is 364 g/mol. The predicted molar refractivity (Wildman–Crippen MR) is 98.8 cm³/mol. The molecule has 0 saturated heterocycles. The van der Waals surface area contributed by atoms with E-state index in [0.29, 0.717) is 33.7 Å². The molecule has 0 atom stereocenters. The second kappa shape index (κ2) is 8.16. The normalized spacial score (nSPS) is 10.6. The average Bonchev–Trinajstić information content (AvgIpc) is 2.57. The van der Waals surface area contributed by atoms with E-state index in [1.54, 1.807) is 42.2 Å². The molecule has 0 aliphatic heterocycles. The third-order valence-corrected chi connectivity index (χ3v) is 4.02. The Kier molecular flexibility index (Phi) is 6.20. The summed E-state index contributed by atoms with van der Waals surface area (Å²) in [5.74, 6) is -0.607. The van der Waals surface area contributed by atoms with Gasteiger partial charge < -0.3 is 4.74 Å². The second-order valence-electron chi connectivity index (χ2n) is 5.57. The van der Waals surface area contributed by atoms with E-state index >= 15 is 0 Å². The van der Waals surface area contributed by atoms with Gasteiger partial charge in [-0.25, -0.2) is 4.79 Å². The topological polar surface area (TPSA) is 62.7 Å². The number of hydrogen-bond acceptors (Lipinski definition) is 5. The number of nitrogens with zero attached hydrogens (tertiary/aromatic N) is 3. The quantitative estimate of drug-likeness (QED) is 0.578. The zero-order chi connectivity index (χ0) is 18.6. The molecule has 0 saturated carbocycles. The molecule has 0 aliphatic carbocycles. The van der Waals surface area contributed by atoms with Crippen molar-refractivity contribution in [2.45, 2.75) is 27.2 Å². The Hall–Kier alpha value is -2.34. The molecule has 0 N–H and O–H groups in total.